The molecule has 1 N–H and O–H groups in total. The van der Waals surface area contributed by atoms with Crippen molar-refractivity contribution in [2.75, 3.05) is 0 Å². The lowest BCUT2D eigenvalue weighted by Crippen LogP contribution is -2.50. The second-order valence-electron chi connectivity index (χ2n) is 11.2. The van der Waals surface area contributed by atoms with Gasteiger partial charge in [-0.1, -0.05) is 32.4 Å². The van der Waals surface area contributed by atoms with E-state index in [1.807, 2.05) is 0 Å². The average molecular weight is 341 g/mol. The number of hydrogen-bond acceptors (Lipinski definition) is 1. The molecular formula is C23H32O2. The van der Waals surface area contributed by atoms with Crippen molar-refractivity contribution < 1.29 is 9.90 Å². The summed E-state index contributed by atoms with van der Waals surface area (Å²) >= 11 is 0. The molecule has 6 aliphatic rings. The van der Waals surface area contributed by atoms with E-state index in [-0.39, 0.29) is 5.92 Å². The van der Waals surface area contributed by atoms with E-state index < -0.39 is 5.97 Å². The quantitative estimate of drug-likeness (QED) is 0.580. The number of fused-ring (bicyclic) bond motifs is 11. The fourth-order valence-corrected chi connectivity index (χ4v) is 9.81. The van der Waals surface area contributed by atoms with Gasteiger partial charge in [-0.2, -0.15) is 0 Å². The summed E-state index contributed by atoms with van der Waals surface area (Å²) in [6.45, 7) is 5.13. The minimum Gasteiger partial charge on any atom is -0.481 e. The zero-order valence-corrected chi connectivity index (χ0v) is 15.7. The maximum Gasteiger partial charge on any atom is 0.306 e. The van der Waals surface area contributed by atoms with E-state index >= 15 is 0 Å². The predicted octanol–water partition coefficient (Wildman–Crippen LogP) is 5.00. The zero-order valence-electron chi connectivity index (χ0n) is 15.7. The first-order valence-corrected chi connectivity index (χ1v) is 10.8. The van der Waals surface area contributed by atoms with E-state index in [1.54, 1.807) is 0 Å². The molecule has 5 saturated carbocycles. The Morgan fingerprint density at radius 1 is 1.08 bits per heavy atom. The Labute approximate surface area is 151 Å². The van der Waals surface area contributed by atoms with Crippen LogP contribution in [-0.4, -0.2) is 11.1 Å². The van der Waals surface area contributed by atoms with Crippen molar-refractivity contribution in [3.63, 3.8) is 0 Å². The van der Waals surface area contributed by atoms with Gasteiger partial charge in [0.15, 0.2) is 0 Å². The van der Waals surface area contributed by atoms with Crippen LogP contribution in [0.25, 0.3) is 0 Å². The zero-order chi connectivity index (χ0) is 17.1. The second-order valence-corrected chi connectivity index (χ2v) is 11.2. The van der Waals surface area contributed by atoms with Crippen LogP contribution >= 0.6 is 0 Å². The van der Waals surface area contributed by atoms with Gasteiger partial charge in [0.25, 0.3) is 0 Å². The molecule has 25 heavy (non-hydrogen) atoms. The van der Waals surface area contributed by atoms with E-state index in [0.29, 0.717) is 28.6 Å². The minimum atomic E-state index is -0.499. The molecule has 6 rings (SSSR count). The van der Waals surface area contributed by atoms with E-state index in [4.69, 9.17) is 0 Å². The molecule has 10 atom stereocenters. The lowest BCUT2D eigenvalue weighted by atomic mass is 9.49. The van der Waals surface area contributed by atoms with Gasteiger partial charge in [-0.15, -0.1) is 0 Å². The lowest BCUT2D eigenvalue weighted by Gasteiger charge is -2.55. The molecule has 136 valence electrons. The normalized spacial score (nSPS) is 57.6. The van der Waals surface area contributed by atoms with E-state index in [0.717, 1.165) is 36.0 Å². The SMILES string of the molecule is CC(C)(C1CC2CCC1C2)C12CC(C(=O)O)C(C1)C1C3C=CC(C3)C12. The van der Waals surface area contributed by atoms with Gasteiger partial charge in [0.2, 0.25) is 0 Å². The molecule has 6 aliphatic carbocycles. The topological polar surface area (TPSA) is 37.3 Å². The number of hydrogen-bond donors (Lipinski definition) is 1. The van der Waals surface area contributed by atoms with Gasteiger partial charge in [-0.05, 0) is 96.7 Å². The van der Waals surface area contributed by atoms with Crippen LogP contribution in [0.2, 0.25) is 0 Å². The largest absolute Gasteiger partial charge is 0.481 e. The Hall–Kier alpha value is -0.790. The predicted molar refractivity (Wildman–Crippen MR) is 96.7 cm³/mol. The van der Waals surface area contributed by atoms with Gasteiger partial charge in [0.1, 0.15) is 0 Å². The Balaban J connectivity index is 1.44. The third-order valence-corrected chi connectivity index (χ3v) is 10.6. The summed E-state index contributed by atoms with van der Waals surface area (Å²) in [5, 5.41) is 9.96. The Morgan fingerprint density at radius 3 is 2.56 bits per heavy atom. The monoisotopic (exact) mass is 340 g/mol. The van der Waals surface area contributed by atoms with Crippen molar-refractivity contribution in [2.24, 2.45) is 64.1 Å². The number of carboxylic acid groups (broad SMARTS) is 1. The third-order valence-electron chi connectivity index (χ3n) is 10.6. The average Bonchev–Trinajstić information content (AvgIpc) is 3.41. The van der Waals surface area contributed by atoms with E-state index in [1.165, 1.54) is 38.5 Å². The highest BCUT2D eigenvalue weighted by Crippen LogP contribution is 2.79. The number of rotatable bonds is 3. The lowest BCUT2D eigenvalue weighted by molar-refractivity contribution is -0.148. The van der Waals surface area contributed by atoms with Crippen LogP contribution in [0, 0.1) is 64.1 Å². The highest BCUT2D eigenvalue weighted by atomic mass is 16.4. The summed E-state index contributed by atoms with van der Waals surface area (Å²) in [7, 11) is 0. The first kappa shape index (κ1) is 15.3. The molecule has 5 fully saturated rings. The molecule has 0 aliphatic heterocycles. The summed E-state index contributed by atoms with van der Waals surface area (Å²) in [6, 6.07) is 0. The van der Waals surface area contributed by atoms with Crippen molar-refractivity contribution in [3.8, 4) is 0 Å². The highest BCUT2D eigenvalue weighted by Gasteiger charge is 2.73. The summed E-state index contributed by atoms with van der Waals surface area (Å²) in [4.78, 5) is 12.1. The summed E-state index contributed by atoms with van der Waals surface area (Å²) in [6.07, 6.45) is 14.3. The highest BCUT2D eigenvalue weighted by molar-refractivity contribution is 5.71. The summed E-state index contributed by atoms with van der Waals surface area (Å²) in [5.74, 6) is 5.59. The van der Waals surface area contributed by atoms with Crippen LogP contribution in [-0.2, 0) is 4.79 Å². The summed E-state index contributed by atoms with van der Waals surface area (Å²) < 4.78 is 0. The molecule has 0 heterocycles. The van der Waals surface area contributed by atoms with Crippen molar-refractivity contribution in [1.82, 2.24) is 0 Å². The number of carboxylic acids is 1. The maximum atomic E-state index is 12.1. The molecule has 6 bridgehead atoms. The smallest absolute Gasteiger partial charge is 0.306 e. The van der Waals surface area contributed by atoms with Crippen LogP contribution in [0.3, 0.4) is 0 Å². The van der Waals surface area contributed by atoms with Crippen LogP contribution in [0.15, 0.2) is 12.2 Å². The maximum absolute atomic E-state index is 12.1. The molecule has 2 nitrogen and oxygen atoms in total. The minimum absolute atomic E-state index is 0.0631. The van der Waals surface area contributed by atoms with Gasteiger partial charge in [-0.25, -0.2) is 0 Å². The standard InChI is InChI=1S/C23H32O2/c1-22(2,18-8-12-3-4-13(18)7-12)23-10-16(17(11-23)21(24)25)19-14-5-6-15(9-14)20(19)23/h5-6,12-20H,3-4,7-11H2,1-2H3,(H,24,25). The number of aliphatic carboxylic acids is 1. The number of allylic oxidation sites excluding steroid dienone is 2. The molecule has 0 amide bonds. The molecule has 0 aromatic heterocycles. The molecule has 0 spiro atoms. The third kappa shape index (κ3) is 1.62. The van der Waals surface area contributed by atoms with Crippen LogP contribution in [0.5, 0.6) is 0 Å². The van der Waals surface area contributed by atoms with E-state index in [2.05, 4.69) is 26.0 Å². The second kappa shape index (κ2) is 4.54. The summed E-state index contributed by atoms with van der Waals surface area (Å²) in [5.41, 5.74) is 0.609. The first-order valence-electron chi connectivity index (χ1n) is 10.8. The van der Waals surface area contributed by atoms with E-state index in [9.17, 15) is 9.90 Å². The molecular weight excluding hydrogens is 308 g/mol. The molecule has 2 heteroatoms. The van der Waals surface area contributed by atoms with Gasteiger partial charge in [0, 0.05) is 0 Å². The fraction of sp³-hybridized carbons (Fsp3) is 0.870. The Morgan fingerprint density at radius 2 is 1.88 bits per heavy atom. The van der Waals surface area contributed by atoms with Crippen LogP contribution in [0.4, 0.5) is 0 Å². The molecule has 10 unspecified atom stereocenters. The van der Waals surface area contributed by atoms with Crippen molar-refractivity contribution in [1.29, 1.82) is 0 Å². The molecule has 0 saturated heterocycles. The Kier molecular flexibility index (Phi) is 2.78. The van der Waals surface area contributed by atoms with Crippen molar-refractivity contribution in [2.45, 2.75) is 58.8 Å². The van der Waals surface area contributed by atoms with Gasteiger partial charge in [0.05, 0.1) is 5.92 Å². The molecule has 0 aromatic carbocycles. The van der Waals surface area contributed by atoms with Crippen molar-refractivity contribution >= 4 is 5.97 Å². The van der Waals surface area contributed by atoms with Crippen LogP contribution < -0.4 is 0 Å². The Bertz CT molecular complexity index is 663. The number of carbonyl (C=O) groups is 1. The fourth-order valence-electron chi connectivity index (χ4n) is 9.81. The molecule has 0 aromatic rings. The van der Waals surface area contributed by atoms with Crippen LogP contribution in [0.1, 0.15) is 58.8 Å². The molecule has 0 radical (unpaired) electrons. The van der Waals surface area contributed by atoms with Gasteiger partial charge in [-0.3, -0.25) is 4.79 Å². The van der Waals surface area contributed by atoms with Gasteiger partial charge < -0.3 is 5.11 Å². The van der Waals surface area contributed by atoms with Gasteiger partial charge >= 0.3 is 5.97 Å². The van der Waals surface area contributed by atoms with Crippen molar-refractivity contribution in [3.05, 3.63) is 12.2 Å². The first-order chi connectivity index (χ1) is 11.9.